The second-order valence-electron chi connectivity index (χ2n) is 11.7. The molecule has 2 aliphatic heterocycles. The van der Waals surface area contributed by atoms with Crippen LogP contribution in [0.25, 0.3) is 0 Å². The second kappa shape index (κ2) is 19.3. The number of piperazine rings is 1. The van der Waals surface area contributed by atoms with E-state index in [0.29, 0.717) is 12.0 Å². The number of hydrogen-bond donors (Lipinski definition) is 1. The average molecular weight is 572 g/mol. The highest BCUT2D eigenvalue weighted by Gasteiger charge is 2.31. The molecule has 1 aromatic rings. The summed E-state index contributed by atoms with van der Waals surface area (Å²) >= 11 is 1.04. The molecule has 3 rings (SSSR count). The predicted molar refractivity (Wildman–Crippen MR) is 167 cm³/mol. The van der Waals surface area contributed by atoms with Crippen LogP contribution in [-0.2, 0) is 11.2 Å². The molecule has 40 heavy (non-hydrogen) atoms. The van der Waals surface area contributed by atoms with Crippen molar-refractivity contribution in [1.29, 1.82) is 0 Å². The van der Waals surface area contributed by atoms with Crippen LogP contribution in [0.1, 0.15) is 126 Å². The Kier molecular flexibility index (Phi) is 15.8. The van der Waals surface area contributed by atoms with E-state index in [4.69, 9.17) is 0 Å². The molecule has 0 radical (unpaired) electrons. The third kappa shape index (κ3) is 12.3. The topological polar surface area (TPSA) is 69.7 Å². The zero-order chi connectivity index (χ0) is 28.4. The Balaban J connectivity index is 1.15. The Morgan fingerprint density at radius 2 is 1.25 bits per heavy atom. The van der Waals surface area contributed by atoms with Gasteiger partial charge >= 0.3 is 0 Å². The Morgan fingerprint density at radius 3 is 1.73 bits per heavy atom. The average Bonchev–Trinajstić information content (AvgIpc) is 3.29. The molecule has 1 N–H and O–H groups in total. The van der Waals surface area contributed by atoms with E-state index in [0.717, 1.165) is 50.0 Å². The highest BCUT2D eigenvalue weighted by atomic mass is 32.2. The van der Waals surface area contributed by atoms with Crippen molar-refractivity contribution in [3.05, 3.63) is 35.4 Å². The summed E-state index contributed by atoms with van der Waals surface area (Å²) in [6, 6.07) is 7.49. The molecule has 0 saturated carbocycles. The van der Waals surface area contributed by atoms with Crippen molar-refractivity contribution >= 4 is 28.8 Å². The van der Waals surface area contributed by atoms with E-state index in [1.165, 1.54) is 103 Å². The van der Waals surface area contributed by atoms with Gasteiger partial charge in [-0.3, -0.25) is 24.6 Å². The molecule has 2 saturated heterocycles. The fraction of sp³-hybridized carbons (Fsp3) is 0.727. The molecular formula is C33H53N3O3S. The first-order chi connectivity index (χ1) is 19.6. The number of carbonyl (C=O) groups excluding carboxylic acids is 3. The third-order valence-corrected chi connectivity index (χ3v) is 9.36. The molecular weight excluding hydrogens is 518 g/mol. The number of imide groups is 1. The van der Waals surface area contributed by atoms with Crippen LogP contribution in [0.15, 0.2) is 24.3 Å². The van der Waals surface area contributed by atoms with Gasteiger partial charge in [0.2, 0.25) is 5.91 Å². The minimum Gasteiger partial charge on any atom is -0.336 e. The first-order valence-corrected chi connectivity index (χ1v) is 17.1. The van der Waals surface area contributed by atoms with Crippen LogP contribution in [0.3, 0.4) is 0 Å². The molecule has 3 amide bonds. The van der Waals surface area contributed by atoms with Gasteiger partial charge in [0.1, 0.15) is 0 Å². The van der Waals surface area contributed by atoms with Crippen molar-refractivity contribution in [1.82, 2.24) is 15.1 Å². The number of amides is 3. The van der Waals surface area contributed by atoms with Gasteiger partial charge in [0, 0.05) is 31.7 Å². The van der Waals surface area contributed by atoms with Crippen LogP contribution >= 0.6 is 11.8 Å². The molecule has 7 heteroatoms. The standard InChI is InChI=1S/C33H53N3O3S/c1-2-3-4-5-6-7-8-9-10-11-12-13-14-15-16-17-22-35-23-25-36(26-24-35)32(38)29-20-18-28(19-21-29)27-30-31(37)34-33(39)40-30/h18-21,30H,2-17,22-27H2,1H3,(H,34,37,39). The number of thioether (sulfide) groups is 1. The minimum absolute atomic E-state index is 0.0803. The van der Waals surface area contributed by atoms with Crippen molar-refractivity contribution < 1.29 is 14.4 Å². The molecule has 1 unspecified atom stereocenters. The fourth-order valence-electron chi connectivity index (χ4n) is 5.77. The van der Waals surface area contributed by atoms with E-state index >= 15 is 0 Å². The molecule has 0 spiro atoms. The van der Waals surface area contributed by atoms with E-state index in [1.54, 1.807) is 0 Å². The number of hydrogen-bond acceptors (Lipinski definition) is 5. The number of benzene rings is 1. The zero-order valence-electron chi connectivity index (χ0n) is 25.0. The number of nitrogens with one attached hydrogen (secondary N) is 1. The molecule has 0 aromatic heterocycles. The van der Waals surface area contributed by atoms with Crippen LogP contribution in [0.4, 0.5) is 4.79 Å². The van der Waals surface area contributed by atoms with E-state index < -0.39 is 0 Å². The first kappa shape index (κ1) is 32.7. The summed E-state index contributed by atoms with van der Waals surface area (Å²) in [5.41, 5.74) is 1.65. The predicted octanol–water partition coefficient (Wildman–Crippen LogP) is 7.60. The largest absolute Gasteiger partial charge is 0.336 e. The minimum atomic E-state index is -0.378. The number of rotatable bonds is 20. The van der Waals surface area contributed by atoms with Crippen LogP contribution < -0.4 is 5.32 Å². The van der Waals surface area contributed by atoms with E-state index in [-0.39, 0.29) is 22.3 Å². The summed E-state index contributed by atoms with van der Waals surface area (Å²) in [6.07, 6.45) is 22.8. The van der Waals surface area contributed by atoms with Gasteiger partial charge in [-0.15, -0.1) is 0 Å². The third-order valence-electron chi connectivity index (χ3n) is 8.38. The van der Waals surface area contributed by atoms with Crippen LogP contribution in [0.2, 0.25) is 0 Å². The maximum Gasteiger partial charge on any atom is 0.286 e. The van der Waals surface area contributed by atoms with Crippen molar-refractivity contribution in [2.45, 2.75) is 121 Å². The maximum absolute atomic E-state index is 13.0. The molecule has 6 nitrogen and oxygen atoms in total. The van der Waals surface area contributed by atoms with Gasteiger partial charge in [0.25, 0.3) is 11.1 Å². The van der Waals surface area contributed by atoms with Crippen LogP contribution in [0, 0.1) is 0 Å². The summed E-state index contributed by atoms with van der Waals surface area (Å²) in [6.45, 7) is 6.88. The summed E-state index contributed by atoms with van der Waals surface area (Å²) < 4.78 is 0. The van der Waals surface area contributed by atoms with Crippen molar-refractivity contribution in [3.8, 4) is 0 Å². The highest BCUT2D eigenvalue weighted by Crippen LogP contribution is 2.23. The Labute approximate surface area is 247 Å². The molecule has 1 atom stereocenters. The monoisotopic (exact) mass is 571 g/mol. The van der Waals surface area contributed by atoms with Gasteiger partial charge in [0.15, 0.2) is 0 Å². The molecule has 2 aliphatic rings. The van der Waals surface area contributed by atoms with Gasteiger partial charge in [-0.2, -0.15) is 0 Å². The van der Waals surface area contributed by atoms with E-state index in [9.17, 15) is 14.4 Å². The molecule has 0 aliphatic carbocycles. The van der Waals surface area contributed by atoms with Crippen molar-refractivity contribution in [2.24, 2.45) is 0 Å². The molecule has 224 valence electrons. The fourth-order valence-corrected chi connectivity index (χ4v) is 6.63. The lowest BCUT2D eigenvalue weighted by Crippen LogP contribution is -2.48. The van der Waals surface area contributed by atoms with E-state index in [2.05, 4.69) is 17.1 Å². The van der Waals surface area contributed by atoms with Gasteiger partial charge in [-0.05, 0) is 37.1 Å². The van der Waals surface area contributed by atoms with Gasteiger partial charge in [-0.1, -0.05) is 127 Å². The van der Waals surface area contributed by atoms with E-state index in [1.807, 2.05) is 29.2 Å². The lowest BCUT2D eigenvalue weighted by molar-refractivity contribution is -0.118. The zero-order valence-corrected chi connectivity index (χ0v) is 25.8. The summed E-state index contributed by atoms with van der Waals surface area (Å²) in [7, 11) is 0. The SMILES string of the molecule is CCCCCCCCCCCCCCCCCCN1CCN(C(=O)c2ccc(CC3SC(=O)NC3=O)cc2)CC1. The van der Waals surface area contributed by atoms with Gasteiger partial charge < -0.3 is 4.90 Å². The quantitative estimate of drug-likeness (QED) is 0.163. The molecule has 2 heterocycles. The Bertz CT molecular complexity index is 883. The Morgan fingerprint density at radius 1 is 0.750 bits per heavy atom. The smallest absolute Gasteiger partial charge is 0.286 e. The van der Waals surface area contributed by atoms with Crippen molar-refractivity contribution in [2.75, 3.05) is 32.7 Å². The molecule has 1 aromatic carbocycles. The summed E-state index contributed by atoms with van der Waals surface area (Å²) in [5, 5.41) is 1.66. The van der Waals surface area contributed by atoms with Gasteiger partial charge in [0.05, 0.1) is 5.25 Å². The first-order valence-electron chi connectivity index (χ1n) is 16.2. The number of carbonyl (C=O) groups is 3. The van der Waals surface area contributed by atoms with Crippen molar-refractivity contribution in [3.63, 3.8) is 0 Å². The Hall–Kier alpha value is -1.86. The lowest BCUT2D eigenvalue weighted by Gasteiger charge is -2.34. The summed E-state index contributed by atoms with van der Waals surface area (Å²) in [4.78, 5) is 40.6. The highest BCUT2D eigenvalue weighted by molar-refractivity contribution is 8.15. The van der Waals surface area contributed by atoms with Gasteiger partial charge in [-0.25, -0.2) is 0 Å². The van der Waals surface area contributed by atoms with Crippen LogP contribution in [0.5, 0.6) is 0 Å². The summed E-state index contributed by atoms with van der Waals surface area (Å²) in [5.74, 6) is -0.149. The maximum atomic E-state index is 13.0. The molecule has 0 bridgehead atoms. The molecule has 2 fully saturated rings. The second-order valence-corrected chi connectivity index (χ2v) is 12.9. The lowest BCUT2D eigenvalue weighted by atomic mass is 10.0. The number of nitrogens with zero attached hydrogens (tertiary/aromatic N) is 2. The number of unbranched alkanes of at least 4 members (excludes halogenated alkanes) is 15. The van der Waals surface area contributed by atoms with Crippen LogP contribution in [-0.4, -0.2) is 64.8 Å². The normalized spacial score (nSPS) is 17.9.